The number of hydrogen-bond acceptors (Lipinski definition) is 3. The monoisotopic (exact) mass is 260 g/mol. The molecule has 2 aromatic rings. The molecule has 0 atom stereocenters. The minimum Gasteiger partial charge on any atom is -0.491 e. The van der Waals surface area contributed by atoms with Crippen molar-refractivity contribution in [1.29, 1.82) is 0 Å². The van der Waals surface area contributed by atoms with Crippen molar-refractivity contribution >= 4 is 16.7 Å². The third-order valence-electron chi connectivity index (χ3n) is 2.95. The number of Topliss-reactive ketones (excluding diaryl/α,β-unsaturated/α-hetero) is 1. The van der Waals surface area contributed by atoms with Gasteiger partial charge in [-0.1, -0.05) is 0 Å². The van der Waals surface area contributed by atoms with E-state index in [2.05, 4.69) is 10.3 Å². The van der Waals surface area contributed by atoms with Crippen LogP contribution < -0.4 is 10.1 Å². The number of ether oxygens (including phenoxy) is 1. The molecule has 0 aliphatic heterocycles. The van der Waals surface area contributed by atoms with Crippen molar-refractivity contribution in [2.75, 3.05) is 13.6 Å². The predicted molar refractivity (Wildman–Crippen MR) is 77.1 cm³/mol. The highest BCUT2D eigenvalue weighted by Gasteiger charge is 2.16. The number of aromatic nitrogens is 1. The smallest absolute Gasteiger partial charge is 0.179 e. The molecule has 2 rings (SSSR count). The molecule has 0 fully saturated rings. The molecule has 19 heavy (non-hydrogen) atoms. The molecule has 2 N–H and O–H groups in total. The van der Waals surface area contributed by atoms with Gasteiger partial charge in [0.25, 0.3) is 0 Å². The van der Waals surface area contributed by atoms with Gasteiger partial charge in [0, 0.05) is 22.2 Å². The summed E-state index contributed by atoms with van der Waals surface area (Å²) in [4.78, 5) is 15.4. The molecule has 0 radical (unpaired) electrons. The van der Waals surface area contributed by atoms with Crippen LogP contribution in [0.5, 0.6) is 5.75 Å². The number of hydrogen-bond donors (Lipinski definition) is 2. The number of carbonyl (C=O) groups is 1. The van der Waals surface area contributed by atoms with Crippen LogP contribution in [0.15, 0.2) is 18.2 Å². The lowest BCUT2D eigenvalue weighted by molar-refractivity contribution is 0.0994. The molecule has 102 valence electrons. The van der Waals surface area contributed by atoms with E-state index in [0.717, 1.165) is 27.9 Å². The number of benzene rings is 1. The van der Waals surface area contributed by atoms with E-state index >= 15 is 0 Å². The minimum absolute atomic E-state index is 0.0907. The Labute approximate surface area is 113 Å². The second-order valence-electron chi connectivity index (χ2n) is 4.95. The highest BCUT2D eigenvalue weighted by Crippen LogP contribution is 2.27. The van der Waals surface area contributed by atoms with E-state index in [1.54, 1.807) is 7.05 Å². The Morgan fingerprint density at radius 2 is 2.16 bits per heavy atom. The fraction of sp³-hybridized carbons (Fsp3) is 0.400. The predicted octanol–water partition coefficient (Wildman–Crippen LogP) is 2.67. The molecular formula is C15H20N2O2. The SMILES string of the molecule is CNCC(=O)c1c(C)[nH]c2ccc(OC(C)C)cc12. The molecule has 0 amide bonds. The lowest BCUT2D eigenvalue weighted by Crippen LogP contribution is -2.19. The summed E-state index contributed by atoms with van der Waals surface area (Å²) in [6.07, 6.45) is 0.119. The maximum Gasteiger partial charge on any atom is 0.179 e. The van der Waals surface area contributed by atoms with Gasteiger partial charge in [-0.25, -0.2) is 0 Å². The number of likely N-dealkylation sites (N-methyl/N-ethyl adjacent to an activating group) is 1. The highest BCUT2D eigenvalue weighted by atomic mass is 16.5. The van der Waals surface area contributed by atoms with Crippen molar-refractivity contribution < 1.29 is 9.53 Å². The molecule has 4 nitrogen and oxygen atoms in total. The Kier molecular flexibility index (Phi) is 3.90. The highest BCUT2D eigenvalue weighted by molar-refractivity contribution is 6.10. The van der Waals surface area contributed by atoms with Crippen LogP contribution in [0, 0.1) is 6.92 Å². The summed E-state index contributed by atoms with van der Waals surface area (Å²) in [6.45, 7) is 6.23. The van der Waals surface area contributed by atoms with Crippen LogP contribution in [0.2, 0.25) is 0 Å². The lowest BCUT2D eigenvalue weighted by atomic mass is 10.1. The van der Waals surface area contributed by atoms with Gasteiger partial charge in [0.1, 0.15) is 5.75 Å². The Morgan fingerprint density at radius 3 is 2.79 bits per heavy atom. The summed E-state index contributed by atoms with van der Waals surface area (Å²) in [7, 11) is 1.77. The number of aryl methyl sites for hydroxylation is 1. The summed E-state index contributed by atoms with van der Waals surface area (Å²) in [5.74, 6) is 0.882. The van der Waals surface area contributed by atoms with Crippen LogP contribution in [0.25, 0.3) is 10.9 Å². The van der Waals surface area contributed by atoms with Crippen LogP contribution in [0.1, 0.15) is 29.9 Å². The molecule has 0 bridgehead atoms. The molecule has 0 unspecified atom stereocenters. The number of aromatic amines is 1. The number of nitrogens with one attached hydrogen (secondary N) is 2. The van der Waals surface area contributed by atoms with E-state index in [0.29, 0.717) is 6.54 Å². The molecule has 4 heteroatoms. The largest absolute Gasteiger partial charge is 0.491 e. The van der Waals surface area contributed by atoms with Crippen LogP contribution in [0.4, 0.5) is 0 Å². The molecule has 0 spiro atoms. The Morgan fingerprint density at radius 1 is 1.42 bits per heavy atom. The number of ketones is 1. The number of carbonyl (C=O) groups excluding carboxylic acids is 1. The van der Waals surface area contributed by atoms with E-state index in [4.69, 9.17) is 4.74 Å². The molecule has 1 aromatic carbocycles. The first-order valence-corrected chi connectivity index (χ1v) is 6.49. The van der Waals surface area contributed by atoms with E-state index in [9.17, 15) is 4.79 Å². The Bertz CT molecular complexity index is 599. The topological polar surface area (TPSA) is 54.1 Å². The molecule has 0 saturated carbocycles. The Hall–Kier alpha value is -1.81. The van der Waals surface area contributed by atoms with Gasteiger partial charge in [-0.3, -0.25) is 4.79 Å². The summed E-state index contributed by atoms with van der Waals surface area (Å²) >= 11 is 0. The summed E-state index contributed by atoms with van der Waals surface area (Å²) in [5, 5.41) is 3.83. The molecule has 0 aliphatic carbocycles. The van der Waals surface area contributed by atoms with Gasteiger partial charge in [-0.15, -0.1) is 0 Å². The second kappa shape index (κ2) is 5.45. The molecule has 0 aliphatic rings. The van der Waals surface area contributed by atoms with Crippen LogP contribution in [0.3, 0.4) is 0 Å². The number of rotatable bonds is 5. The average Bonchev–Trinajstić information content (AvgIpc) is 2.64. The van der Waals surface area contributed by atoms with Gasteiger partial charge in [0.15, 0.2) is 5.78 Å². The van der Waals surface area contributed by atoms with Gasteiger partial charge >= 0.3 is 0 Å². The zero-order valence-electron chi connectivity index (χ0n) is 11.8. The first-order valence-electron chi connectivity index (χ1n) is 6.49. The van der Waals surface area contributed by atoms with E-state index < -0.39 is 0 Å². The van der Waals surface area contributed by atoms with Crippen molar-refractivity contribution in [2.45, 2.75) is 26.9 Å². The lowest BCUT2D eigenvalue weighted by Gasteiger charge is -2.09. The van der Waals surface area contributed by atoms with Crippen molar-refractivity contribution in [3.63, 3.8) is 0 Å². The Balaban J connectivity index is 2.49. The first-order chi connectivity index (χ1) is 9.02. The van der Waals surface area contributed by atoms with E-state index in [-0.39, 0.29) is 11.9 Å². The summed E-state index contributed by atoms with van der Waals surface area (Å²) < 4.78 is 5.69. The molecule has 1 heterocycles. The summed E-state index contributed by atoms with van der Waals surface area (Å²) in [5.41, 5.74) is 2.61. The second-order valence-corrected chi connectivity index (χ2v) is 4.95. The van der Waals surface area contributed by atoms with Gasteiger partial charge < -0.3 is 15.0 Å². The van der Waals surface area contributed by atoms with Crippen molar-refractivity contribution in [2.24, 2.45) is 0 Å². The zero-order valence-corrected chi connectivity index (χ0v) is 11.8. The van der Waals surface area contributed by atoms with Crippen molar-refractivity contribution in [3.05, 3.63) is 29.5 Å². The molecule has 1 aromatic heterocycles. The summed E-state index contributed by atoms with van der Waals surface area (Å²) in [6, 6.07) is 5.81. The average molecular weight is 260 g/mol. The van der Waals surface area contributed by atoms with Crippen LogP contribution in [-0.2, 0) is 0 Å². The number of fused-ring (bicyclic) bond motifs is 1. The quantitative estimate of drug-likeness (QED) is 0.813. The fourth-order valence-corrected chi connectivity index (χ4v) is 2.26. The number of H-pyrrole nitrogens is 1. The maximum atomic E-state index is 12.2. The van der Waals surface area contributed by atoms with E-state index in [1.165, 1.54) is 0 Å². The molecule has 0 saturated heterocycles. The fourth-order valence-electron chi connectivity index (χ4n) is 2.26. The molecular weight excluding hydrogens is 240 g/mol. The van der Waals surface area contributed by atoms with Gasteiger partial charge in [0.05, 0.1) is 12.6 Å². The van der Waals surface area contributed by atoms with Crippen molar-refractivity contribution in [3.8, 4) is 5.75 Å². The van der Waals surface area contributed by atoms with Crippen molar-refractivity contribution in [1.82, 2.24) is 10.3 Å². The van der Waals surface area contributed by atoms with Gasteiger partial charge in [0.2, 0.25) is 0 Å². The van der Waals surface area contributed by atoms with Gasteiger partial charge in [-0.2, -0.15) is 0 Å². The standard InChI is InChI=1S/C15H20N2O2/c1-9(2)19-11-5-6-13-12(7-11)15(10(3)17-13)14(18)8-16-4/h5-7,9,16-17H,8H2,1-4H3. The van der Waals surface area contributed by atoms with Gasteiger partial charge in [-0.05, 0) is 46.0 Å². The first kappa shape index (κ1) is 13.6. The normalized spacial score (nSPS) is 11.2. The maximum absolute atomic E-state index is 12.2. The third-order valence-corrected chi connectivity index (χ3v) is 2.95. The van der Waals surface area contributed by atoms with Crippen LogP contribution in [-0.4, -0.2) is 30.5 Å². The van der Waals surface area contributed by atoms with E-state index in [1.807, 2.05) is 39.0 Å². The zero-order chi connectivity index (χ0) is 14.0. The third kappa shape index (κ3) is 2.79. The minimum atomic E-state index is 0.0907. The van der Waals surface area contributed by atoms with Crippen LogP contribution >= 0.6 is 0 Å².